The predicted octanol–water partition coefficient (Wildman–Crippen LogP) is 3.90. The van der Waals surface area contributed by atoms with Gasteiger partial charge < -0.3 is 15.4 Å². The van der Waals surface area contributed by atoms with Crippen LogP contribution >= 0.6 is 23.4 Å². The number of carbonyl (C=O) groups is 4. The number of ketones is 1. The van der Waals surface area contributed by atoms with Crippen molar-refractivity contribution >= 4 is 64.0 Å². The number of hydrogen-bond acceptors (Lipinski definition) is 9. The number of anilines is 2. The summed E-state index contributed by atoms with van der Waals surface area (Å²) >= 11 is 7.45. The highest BCUT2D eigenvalue weighted by molar-refractivity contribution is 7.99. The third-order valence-electron chi connectivity index (χ3n) is 6.65. The molecule has 2 aliphatic heterocycles. The molecule has 0 spiro atoms. The topological polar surface area (TPSA) is 141 Å². The number of para-hydroxylation sites is 1. The van der Waals surface area contributed by atoms with Gasteiger partial charge in [0.05, 0.1) is 24.1 Å². The van der Waals surface area contributed by atoms with E-state index in [1.165, 1.54) is 24.8 Å². The largest absolute Gasteiger partial charge is 0.459 e. The van der Waals surface area contributed by atoms with Crippen molar-refractivity contribution in [3.8, 4) is 6.07 Å². The van der Waals surface area contributed by atoms with Crippen LogP contribution in [0.25, 0.3) is 5.70 Å². The average molecular weight is 602 g/mol. The first-order valence-corrected chi connectivity index (χ1v) is 14.2. The Labute approximate surface area is 250 Å². The standard InChI is InChI=1S/C30H24ClN5O5S/c1-2-41-29(40)28(39)34-30(26(37)22(16-32)27(38)33-19-10-8-9-18(31)15-19)23-17-42-24-14-7-6-13-21(24)25(23)36(35-30)20-11-4-3-5-12-20/h3-15,22,35H,2,17H2,1H3,(H,33,38)(H,34,39). The van der Waals surface area contributed by atoms with Crippen LogP contribution in [-0.4, -0.2) is 41.6 Å². The maximum Gasteiger partial charge on any atom is 0.396 e. The average Bonchev–Trinajstić information content (AvgIpc) is 3.33. The van der Waals surface area contributed by atoms with E-state index in [4.69, 9.17) is 16.3 Å². The molecule has 3 aromatic carbocycles. The Bertz CT molecular complexity index is 1660. The van der Waals surface area contributed by atoms with E-state index >= 15 is 0 Å². The molecular formula is C30H24ClN5O5S. The zero-order chi connectivity index (χ0) is 29.9. The molecule has 2 unspecified atom stereocenters. The first kappa shape index (κ1) is 28.9. The van der Waals surface area contributed by atoms with Gasteiger partial charge in [-0.05, 0) is 43.3 Å². The number of amides is 2. The SMILES string of the molecule is CCOC(=O)C(=O)NC1(C(=O)C(C#N)C(=O)Nc2cccc(Cl)c2)NN(c2ccccc2)C2=C1CSc1ccccc12. The molecule has 5 rings (SSSR count). The number of hydrogen-bond donors (Lipinski definition) is 3. The van der Waals surface area contributed by atoms with E-state index in [1.54, 1.807) is 53.5 Å². The van der Waals surface area contributed by atoms with Gasteiger partial charge in [-0.1, -0.05) is 54.1 Å². The molecule has 2 heterocycles. The van der Waals surface area contributed by atoms with Gasteiger partial charge >= 0.3 is 11.9 Å². The second kappa shape index (κ2) is 12.1. The molecule has 3 N–H and O–H groups in total. The third kappa shape index (κ3) is 5.35. The quantitative estimate of drug-likeness (QED) is 0.209. The highest BCUT2D eigenvalue weighted by atomic mass is 35.5. The zero-order valence-electron chi connectivity index (χ0n) is 22.2. The number of benzene rings is 3. The van der Waals surface area contributed by atoms with E-state index in [9.17, 15) is 24.4 Å². The summed E-state index contributed by atoms with van der Waals surface area (Å²) in [6.45, 7) is 1.47. The lowest BCUT2D eigenvalue weighted by atomic mass is 9.86. The number of ether oxygens (including phenoxy) is 1. The maximum absolute atomic E-state index is 14.4. The molecular weight excluding hydrogens is 578 g/mol. The molecule has 2 aliphatic rings. The van der Waals surface area contributed by atoms with Crippen LogP contribution in [0.4, 0.5) is 11.4 Å². The number of nitrogens with one attached hydrogen (secondary N) is 3. The van der Waals surface area contributed by atoms with Gasteiger partial charge in [0.25, 0.3) is 0 Å². The minimum atomic E-state index is -2.15. The zero-order valence-corrected chi connectivity index (χ0v) is 23.8. The van der Waals surface area contributed by atoms with Crippen LogP contribution in [0.2, 0.25) is 5.02 Å². The van der Waals surface area contributed by atoms with Crippen LogP contribution in [-0.2, 0) is 23.9 Å². The first-order chi connectivity index (χ1) is 20.3. The highest BCUT2D eigenvalue weighted by Crippen LogP contribution is 2.47. The second-order valence-corrected chi connectivity index (χ2v) is 10.7. The molecule has 2 atom stereocenters. The summed E-state index contributed by atoms with van der Waals surface area (Å²) in [4.78, 5) is 54.4. The van der Waals surface area contributed by atoms with E-state index in [2.05, 4.69) is 16.1 Å². The summed E-state index contributed by atoms with van der Waals surface area (Å²) in [5.74, 6) is -6.03. The van der Waals surface area contributed by atoms with Crippen LogP contribution in [0.3, 0.4) is 0 Å². The Balaban J connectivity index is 1.65. The summed E-state index contributed by atoms with van der Waals surface area (Å²) in [7, 11) is 0. The summed E-state index contributed by atoms with van der Waals surface area (Å²) in [6.07, 6.45) is 0. The van der Waals surface area contributed by atoms with Gasteiger partial charge in [-0.3, -0.25) is 19.4 Å². The Kier molecular flexibility index (Phi) is 8.31. The summed E-state index contributed by atoms with van der Waals surface area (Å²) in [5.41, 5.74) is 3.50. The minimum Gasteiger partial charge on any atom is -0.459 e. The fraction of sp³-hybridized carbons (Fsp3) is 0.167. The molecule has 42 heavy (non-hydrogen) atoms. The molecule has 0 aromatic heterocycles. The monoisotopic (exact) mass is 601 g/mol. The third-order valence-corrected chi connectivity index (χ3v) is 7.98. The fourth-order valence-electron chi connectivity index (χ4n) is 4.79. The number of esters is 1. The van der Waals surface area contributed by atoms with Gasteiger partial charge in [-0.2, -0.15) is 10.7 Å². The van der Waals surface area contributed by atoms with E-state index in [1.807, 2.05) is 30.3 Å². The normalized spacial score (nSPS) is 17.8. The number of nitriles is 1. The highest BCUT2D eigenvalue weighted by Gasteiger charge is 2.57. The Morgan fingerprint density at radius 2 is 1.83 bits per heavy atom. The molecule has 212 valence electrons. The second-order valence-electron chi connectivity index (χ2n) is 9.25. The number of thioether (sulfide) groups is 1. The number of fused-ring (bicyclic) bond motifs is 2. The van der Waals surface area contributed by atoms with Crippen molar-refractivity contribution in [1.29, 1.82) is 5.26 Å². The van der Waals surface area contributed by atoms with Gasteiger partial charge in [0.2, 0.25) is 11.7 Å². The molecule has 12 heteroatoms. The molecule has 0 bridgehead atoms. The van der Waals surface area contributed by atoms with Crippen LogP contribution in [0, 0.1) is 17.2 Å². The predicted molar refractivity (Wildman–Crippen MR) is 158 cm³/mol. The number of Topliss-reactive ketones (excluding diaryl/α,β-unsaturated/α-hetero) is 1. The smallest absolute Gasteiger partial charge is 0.396 e. The van der Waals surface area contributed by atoms with E-state index in [0.717, 1.165) is 10.5 Å². The Morgan fingerprint density at radius 3 is 2.55 bits per heavy atom. The lowest BCUT2D eigenvalue weighted by molar-refractivity contribution is -0.156. The molecule has 2 amide bonds. The van der Waals surface area contributed by atoms with E-state index < -0.39 is 35.1 Å². The molecule has 0 saturated carbocycles. The van der Waals surface area contributed by atoms with Crippen molar-refractivity contribution < 1.29 is 23.9 Å². The van der Waals surface area contributed by atoms with Gasteiger partial charge in [0.15, 0.2) is 11.6 Å². The van der Waals surface area contributed by atoms with Crippen molar-refractivity contribution in [2.45, 2.75) is 17.5 Å². The van der Waals surface area contributed by atoms with E-state index in [-0.39, 0.29) is 18.0 Å². The number of halogens is 1. The lowest BCUT2D eigenvalue weighted by Crippen LogP contribution is -2.68. The van der Waals surface area contributed by atoms with Crippen molar-refractivity contribution in [3.63, 3.8) is 0 Å². The Hall–Kier alpha value is -4.63. The van der Waals surface area contributed by atoms with Gasteiger partial charge in [0.1, 0.15) is 0 Å². The summed E-state index contributed by atoms with van der Waals surface area (Å²) in [5, 5.41) is 17.1. The van der Waals surface area contributed by atoms with Gasteiger partial charge in [-0.15, -0.1) is 11.8 Å². The Morgan fingerprint density at radius 1 is 1.10 bits per heavy atom. The molecule has 0 fully saturated rings. The van der Waals surface area contributed by atoms with Gasteiger partial charge in [0, 0.05) is 32.5 Å². The van der Waals surface area contributed by atoms with Crippen molar-refractivity contribution in [3.05, 3.63) is 95.0 Å². The van der Waals surface area contributed by atoms with Crippen LogP contribution in [0.1, 0.15) is 12.5 Å². The molecule has 3 aromatic rings. The number of hydrazine groups is 1. The summed E-state index contributed by atoms with van der Waals surface area (Å²) in [6, 6.07) is 24.6. The molecule has 0 radical (unpaired) electrons. The van der Waals surface area contributed by atoms with E-state index in [0.29, 0.717) is 22.0 Å². The summed E-state index contributed by atoms with van der Waals surface area (Å²) < 4.78 is 4.89. The molecule has 10 nitrogen and oxygen atoms in total. The van der Waals surface area contributed by atoms with Crippen LogP contribution in [0.15, 0.2) is 89.3 Å². The van der Waals surface area contributed by atoms with Crippen molar-refractivity contribution in [2.24, 2.45) is 5.92 Å². The maximum atomic E-state index is 14.4. The van der Waals surface area contributed by atoms with Crippen LogP contribution < -0.4 is 21.1 Å². The minimum absolute atomic E-state index is 0.0726. The van der Waals surface area contributed by atoms with Crippen molar-refractivity contribution in [1.82, 2.24) is 10.7 Å². The number of carbonyl (C=O) groups excluding carboxylic acids is 4. The number of nitrogens with zero attached hydrogens (tertiary/aromatic N) is 2. The molecule has 0 saturated heterocycles. The first-order valence-electron chi connectivity index (χ1n) is 12.9. The fourth-order valence-corrected chi connectivity index (χ4v) is 6.13. The lowest BCUT2D eigenvalue weighted by Gasteiger charge is -2.34. The van der Waals surface area contributed by atoms with Crippen LogP contribution in [0.5, 0.6) is 0 Å². The number of rotatable bonds is 7. The van der Waals surface area contributed by atoms with Crippen molar-refractivity contribution in [2.75, 3.05) is 22.7 Å². The molecule has 0 aliphatic carbocycles. The van der Waals surface area contributed by atoms with Gasteiger partial charge in [-0.25, -0.2) is 4.79 Å².